The van der Waals surface area contributed by atoms with Gasteiger partial charge in [0.05, 0.1) is 6.61 Å². The van der Waals surface area contributed by atoms with Crippen LogP contribution in [0.4, 0.5) is 5.13 Å². The van der Waals surface area contributed by atoms with Crippen molar-refractivity contribution in [3.63, 3.8) is 0 Å². The molecule has 2 aromatic rings. The molecule has 2 heterocycles. The van der Waals surface area contributed by atoms with E-state index in [0.29, 0.717) is 12.4 Å². The largest absolute Gasteiger partial charge is 0.504 e. The number of piperidine rings is 1. The molecule has 0 saturated carbocycles. The van der Waals surface area contributed by atoms with E-state index in [0.717, 1.165) is 47.4 Å². The lowest BCUT2D eigenvalue weighted by Gasteiger charge is -2.30. The van der Waals surface area contributed by atoms with Crippen LogP contribution < -0.4 is 15.2 Å². The van der Waals surface area contributed by atoms with Crippen LogP contribution in [0.5, 0.6) is 11.5 Å². The molecule has 0 spiro atoms. The van der Waals surface area contributed by atoms with Crippen LogP contribution in [0.1, 0.15) is 26.7 Å². The maximum atomic E-state index is 12.1. The molecule has 0 bridgehead atoms. The molecular weight excluding hydrogens is 324 g/mol. The summed E-state index contributed by atoms with van der Waals surface area (Å²) in [7, 11) is 0. The first kappa shape index (κ1) is 16.8. The number of hydrogen-bond donors (Lipinski definition) is 1. The van der Waals surface area contributed by atoms with Gasteiger partial charge in [0.25, 0.3) is 5.56 Å². The van der Waals surface area contributed by atoms with Crippen molar-refractivity contribution in [3.05, 3.63) is 34.6 Å². The number of rotatable bonds is 4. The van der Waals surface area contributed by atoms with Gasteiger partial charge in [0, 0.05) is 24.0 Å². The number of benzene rings is 1. The first-order valence-electron chi connectivity index (χ1n) is 8.30. The van der Waals surface area contributed by atoms with Crippen molar-refractivity contribution in [2.75, 3.05) is 24.6 Å². The fourth-order valence-electron chi connectivity index (χ4n) is 2.81. The second-order valence-corrected chi connectivity index (χ2v) is 7.14. The zero-order valence-electron chi connectivity index (χ0n) is 14.0. The Morgan fingerprint density at radius 2 is 2.08 bits per heavy atom. The van der Waals surface area contributed by atoms with Gasteiger partial charge >= 0.3 is 0 Å². The topological polar surface area (TPSA) is 62.7 Å². The van der Waals surface area contributed by atoms with Gasteiger partial charge in [-0.1, -0.05) is 18.3 Å². The fraction of sp³-hybridized carbons (Fsp3) is 0.444. The minimum Gasteiger partial charge on any atom is -0.504 e. The molecule has 1 N–H and O–H groups in total. The number of aromatic hydroxyl groups is 1. The Labute approximate surface area is 145 Å². The van der Waals surface area contributed by atoms with E-state index in [-0.39, 0.29) is 11.3 Å². The molecule has 1 aliphatic rings. The zero-order chi connectivity index (χ0) is 17.1. The summed E-state index contributed by atoms with van der Waals surface area (Å²) in [6.07, 6.45) is 2.25. The maximum Gasteiger partial charge on any atom is 0.273 e. The summed E-state index contributed by atoms with van der Waals surface area (Å²) in [5.74, 6) is 1.26. The first-order chi connectivity index (χ1) is 11.6. The van der Waals surface area contributed by atoms with Crippen molar-refractivity contribution in [3.8, 4) is 21.9 Å². The number of anilines is 1. The zero-order valence-corrected chi connectivity index (χ0v) is 14.8. The van der Waals surface area contributed by atoms with E-state index >= 15 is 0 Å². The van der Waals surface area contributed by atoms with Crippen LogP contribution in [0.25, 0.3) is 10.4 Å². The molecule has 1 aromatic heterocycles. The summed E-state index contributed by atoms with van der Waals surface area (Å²) in [6, 6.07) is 6.71. The Morgan fingerprint density at radius 1 is 1.33 bits per heavy atom. The summed E-state index contributed by atoms with van der Waals surface area (Å²) in [4.78, 5) is 19.3. The number of hydrogen-bond acceptors (Lipinski definition) is 6. The lowest BCUT2D eigenvalue weighted by Crippen LogP contribution is -2.33. The van der Waals surface area contributed by atoms with Gasteiger partial charge in [-0.05, 0) is 49.4 Å². The fourth-order valence-corrected chi connectivity index (χ4v) is 3.85. The van der Waals surface area contributed by atoms with Gasteiger partial charge in [-0.15, -0.1) is 0 Å². The molecule has 1 fully saturated rings. The molecule has 128 valence electrons. The van der Waals surface area contributed by atoms with Crippen LogP contribution in [0.15, 0.2) is 29.1 Å². The van der Waals surface area contributed by atoms with Crippen molar-refractivity contribution < 1.29 is 9.84 Å². The first-order valence-corrected chi connectivity index (χ1v) is 9.11. The van der Waals surface area contributed by atoms with E-state index in [4.69, 9.17) is 4.74 Å². The van der Waals surface area contributed by atoms with Gasteiger partial charge in [0.2, 0.25) is 0 Å². The Balaban J connectivity index is 1.94. The van der Waals surface area contributed by atoms with Crippen molar-refractivity contribution in [2.45, 2.75) is 26.7 Å². The number of aromatic nitrogens is 1. The van der Waals surface area contributed by atoms with Gasteiger partial charge in [-0.3, -0.25) is 4.79 Å². The summed E-state index contributed by atoms with van der Waals surface area (Å²) in [5.41, 5.74) is 0.621. The Morgan fingerprint density at radius 3 is 2.79 bits per heavy atom. The highest BCUT2D eigenvalue weighted by Crippen LogP contribution is 2.35. The molecule has 3 rings (SSSR count). The number of phenolic OH excluding ortho intramolecular Hbond substituents is 1. The molecule has 0 unspecified atom stereocenters. The number of ether oxygens (including phenoxy) is 1. The van der Waals surface area contributed by atoms with E-state index < -0.39 is 0 Å². The highest BCUT2D eigenvalue weighted by atomic mass is 32.1. The van der Waals surface area contributed by atoms with E-state index in [1.807, 2.05) is 6.92 Å². The molecule has 0 atom stereocenters. The average Bonchev–Trinajstić information content (AvgIpc) is 2.57. The molecule has 24 heavy (non-hydrogen) atoms. The van der Waals surface area contributed by atoms with Crippen molar-refractivity contribution in [2.24, 2.45) is 5.92 Å². The number of nitrogens with zero attached hydrogens (tertiary/aromatic N) is 2. The molecule has 0 radical (unpaired) electrons. The van der Waals surface area contributed by atoms with Gasteiger partial charge < -0.3 is 14.7 Å². The van der Waals surface area contributed by atoms with Crippen molar-refractivity contribution in [1.29, 1.82) is 0 Å². The minimum atomic E-state index is -0.233. The maximum absolute atomic E-state index is 12.1. The smallest absolute Gasteiger partial charge is 0.273 e. The van der Waals surface area contributed by atoms with Crippen molar-refractivity contribution in [1.82, 2.24) is 4.98 Å². The van der Waals surface area contributed by atoms with E-state index in [1.54, 1.807) is 24.3 Å². The van der Waals surface area contributed by atoms with Crippen LogP contribution >= 0.6 is 11.3 Å². The molecule has 0 amide bonds. The van der Waals surface area contributed by atoms with E-state index in [9.17, 15) is 9.90 Å². The highest BCUT2D eigenvalue weighted by Gasteiger charge is 2.19. The Kier molecular flexibility index (Phi) is 5.04. The highest BCUT2D eigenvalue weighted by molar-refractivity contribution is 7.18. The molecule has 1 saturated heterocycles. The van der Waals surface area contributed by atoms with Gasteiger partial charge in [-0.25, -0.2) is 0 Å². The van der Waals surface area contributed by atoms with Crippen LogP contribution in [0.2, 0.25) is 0 Å². The SMILES string of the molecule is CCOc1cc(-c2cc(=O)nc(N3CCC(C)CC3)s2)ccc1O. The number of phenols is 1. The van der Waals surface area contributed by atoms with E-state index in [1.165, 1.54) is 11.3 Å². The molecule has 1 aliphatic heterocycles. The second kappa shape index (κ2) is 7.21. The van der Waals surface area contributed by atoms with Crippen LogP contribution in [0, 0.1) is 5.92 Å². The lowest BCUT2D eigenvalue weighted by atomic mass is 10.00. The third-order valence-corrected chi connectivity index (χ3v) is 5.37. The molecule has 6 heteroatoms. The summed E-state index contributed by atoms with van der Waals surface area (Å²) in [5, 5.41) is 10.6. The normalized spacial score (nSPS) is 15.5. The lowest BCUT2D eigenvalue weighted by molar-refractivity contribution is 0.318. The minimum absolute atomic E-state index is 0.104. The Hall–Kier alpha value is -2.08. The Bertz CT molecular complexity index is 767. The van der Waals surface area contributed by atoms with Crippen LogP contribution in [-0.2, 0) is 0 Å². The van der Waals surface area contributed by atoms with E-state index in [2.05, 4.69) is 16.8 Å². The average molecular weight is 346 g/mol. The molecule has 5 nitrogen and oxygen atoms in total. The quantitative estimate of drug-likeness (QED) is 0.918. The molecule has 0 aliphatic carbocycles. The molecule has 1 aromatic carbocycles. The summed E-state index contributed by atoms with van der Waals surface area (Å²) in [6.45, 7) is 6.48. The third kappa shape index (κ3) is 3.70. The van der Waals surface area contributed by atoms with Crippen LogP contribution in [-0.4, -0.2) is 29.8 Å². The van der Waals surface area contributed by atoms with Gasteiger partial charge in [0.1, 0.15) is 0 Å². The predicted octanol–water partition coefficient (Wildman–Crippen LogP) is 3.51. The standard InChI is InChI=1S/C18H22N2O3S/c1-3-23-15-10-13(4-5-14(15)21)16-11-17(22)19-18(24-16)20-8-6-12(2)7-9-20/h4-5,10-12,21H,3,6-9H2,1-2H3. The summed E-state index contributed by atoms with van der Waals surface area (Å²) < 4.78 is 5.44. The second-order valence-electron chi connectivity index (χ2n) is 6.13. The summed E-state index contributed by atoms with van der Waals surface area (Å²) >= 11 is 1.51. The van der Waals surface area contributed by atoms with Gasteiger partial charge in [0.15, 0.2) is 16.6 Å². The van der Waals surface area contributed by atoms with Gasteiger partial charge in [-0.2, -0.15) is 4.98 Å². The van der Waals surface area contributed by atoms with Crippen molar-refractivity contribution >= 4 is 16.5 Å². The molecular formula is C18H22N2O3S. The van der Waals surface area contributed by atoms with Crippen LogP contribution in [0.3, 0.4) is 0 Å². The monoisotopic (exact) mass is 346 g/mol. The predicted molar refractivity (Wildman–Crippen MR) is 97.3 cm³/mol. The third-order valence-electron chi connectivity index (χ3n) is 4.26.